The molecule has 2 unspecified atom stereocenters. The number of halogens is 1. The third-order valence-electron chi connectivity index (χ3n) is 3.80. The first kappa shape index (κ1) is 14.6. The van der Waals surface area contributed by atoms with Crippen molar-refractivity contribution in [3.05, 3.63) is 28.8 Å². The number of rotatable bonds is 5. The van der Waals surface area contributed by atoms with Gasteiger partial charge >= 0.3 is 0 Å². The molecule has 3 nitrogen and oxygen atoms in total. The zero-order valence-corrected chi connectivity index (χ0v) is 12.7. The lowest BCUT2D eigenvalue weighted by Crippen LogP contribution is -2.36. The van der Waals surface area contributed by atoms with Crippen LogP contribution in [0, 0.1) is 0 Å². The molecule has 106 valence electrons. The number of ether oxygens (including phenoxy) is 1. The Hall–Kier alpha value is -0.770. The minimum atomic E-state index is 0.266. The minimum Gasteiger partial charge on any atom is -0.376 e. The molecular formula is C15H23ClN2O. The maximum Gasteiger partial charge on any atom is 0.0750 e. The molecule has 1 aliphatic rings. The second-order valence-electron chi connectivity index (χ2n) is 5.11. The fourth-order valence-electron chi connectivity index (χ4n) is 2.62. The van der Waals surface area contributed by atoms with Gasteiger partial charge in [0.05, 0.1) is 22.9 Å². The van der Waals surface area contributed by atoms with Gasteiger partial charge < -0.3 is 15.0 Å². The van der Waals surface area contributed by atoms with Gasteiger partial charge in [0, 0.05) is 20.2 Å². The maximum absolute atomic E-state index is 6.42. The second-order valence-corrected chi connectivity index (χ2v) is 5.52. The molecule has 1 saturated heterocycles. The van der Waals surface area contributed by atoms with Gasteiger partial charge in [-0.1, -0.05) is 24.6 Å². The summed E-state index contributed by atoms with van der Waals surface area (Å²) < 4.78 is 5.63. The molecule has 0 aromatic heterocycles. The Kier molecular flexibility index (Phi) is 5.08. The first-order valence-corrected chi connectivity index (χ1v) is 7.35. The van der Waals surface area contributed by atoms with Gasteiger partial charge in [-0.2, -0.15) is 0 Å². The van der Waals surface area contributed by atoms with E-state index in [1.165, 1.54) is 5.56 Å². The molecule has 0 aliphatic carbocycles. The SMILES string of the molecule is CCNCc1ccc(N(C)C2CCOC2C)c(Cl)c1. The maximum atomic E-state index is 6.42. The summed E-state index contributed by atoms with van der Waals surface area (Å²) in [5.74, 6) is 0. The Labute approximate surface area is 120 Å². The molecule has 4 heteroatoms. The molecule has 1 N–H and O–H groups in total. The van der Waals surface area contributed by atoms with E-state index < -0.39 is 0 Å². The summed E-state index contributed by atoms with van der Waals surface area (Å²) in [6.45, 7) is 6.90. The van der Waals surface area contributed by atoms with Crippen LogP contribution in [0.2, 0.25) is 5.02 Å². The highest BCUT2D eigenvalue weighted by molar-refractivity contribution is 6.33. The summed E-state index contributed by atoms with van der Waals surface area (Å²) in [7, 11) is 2.10. The van der Waals surface area contributed by atoms with E-state index in [9.17, 15) is 0 Å². The quantitative estimate of drug-likeness (QED) is 0.898. The van der Waals surface area contributed by atoms with Crippen LogP contribution in [0.15, 0.2) is 18.2 Å². The summed E-state index contributed by atoms with van der Waals surface area (Å²) >= 11 is 6.42. The van der Waals surface area contributed by atoms with Crippen molar-refractivity contribution >= 4 is 17.3 Å². The molecule has 2 atom stereocenters. The summed E-state index contributed by atoms with van der Waals surface area (Å²) in [5.41, 5.74) is 2.31. The molecule has 0 spiro atoms. The summed E-state index contributed by atoms with van der Waals surface area (Å²) in [6.07, 6.45) is 1.33. The molecule has 19 heavy (non-hydrogen) atoms. The zero-order chi connectivity index (χ0) is 13.8. The smallest absolute Gasteiger partial charge is 0.0750 e. The molecule has 1 heterocycles. The van der Waals surface area contributed by atoms with Crippen molar-refractivity contribution in [3.8, 4) is 0 Å². The minimum absolute atomic E-state index is 0.266. The van der Waals surface area contributed by atoms with Crippen molar-refractivity contribution in [2.24, 2.45) is 0 Å². The molecule has 1 aromatic carbocycles. The van der Waals surface area contributed by atoms with E-state index in [1.807, 2.05) is 0 Å². The largest absolute Gasteiger partial charge is 0.376 e. The van der Waals surface area contributed by atoms with E-state index in [0.29, 0.717) is 6.04 Å². The molecule has 1 aliphatic heterocycles. The van der Waals surface area contributed by atoms with Crippen LogP contribution in [0.3, 0.4) is 0 Å². The predicted molar refractivity (Wildman–Crippen MR) is 81.1 cm³/mol. The van der Waals surface area contributed by atoms with Crippen LogP contribution in [0.1, 0.15) is 25.8 Å². The first-order chi connectivity index (χ1) is 9.13. The highest BCUT2D eigenvalue weighted by atomic mass is 35.5. The highest BCUT2D eigenvalue weighted by Crippen LogP contribution is 2.31. The third-order valence-corrected chi connectivity index (χ3v) is 4.11. The van der Waals surface area contributed by atoms with E-state index in [1.54, 1.807) is 0 Å². The van der Waals surface area contributed by atoms with E-state index in [2.05, 4.69) is 49.3 Å². The van der Waals surface area contributed by atoms with Crippen LogP contribution in [-0.2, 0) is 11.3 Å². The van der Waals surface area contributed by atoms with E-state index in [-0.39, 0.29) is 6.10 Å². The predicted octanol–water partition coefficient (Wildman–Crippen LogP) is 3.06. The lowest BCUT2D eigenvalue weighted by molar-refractivity contribution is 0.118. The number of anilines is 1. The van der Waals surface area contributed by atoms with Gasteiger partial charge in [0.2, 0.25) is 0 Å². The summed E-state index contributed by atoms with van der Waals surface area (Å²) in [4.78, 5) is 2.25. The van der Waals surface area contributed by atoms with Gasteiger partial charge in [-0.25, -0.2) is 0 Å². The van der Waals surface area contributed by atoms with Crippen LogP contribution < -0.4 is 10.2 Å². The summed E-state index contributed by atoms with van der Waals surface area (Å²) in [6, 6.07) is 6.72. The van der Waals surface area contributed by atoms with Crippen molar-refractivity contribution in [3.63, 3.8) is 0 Å². The Morgan fingerprint density at radius 3 is 2.84 bits per heavy atom. The lowest BCUT2D eigenvalue weighted by atomic mass is 10.1. The van der Waals surface area contributed by atoms with E-state index in [0.717, 1.165) is 36.8 Å². The molecule has 0 saturated carbocycles. The molecule has 0 amide bonds. The molecule has 0 radical (unpaired) electrons. The van der Waals surface area contributed by atoms with Crippen LogP contribution in [0.5, 0.6) is 0 Å². The number of nitrogens with one attached hydrogen (secondary N) is 1. The highest BCUT2D eigenvalue weighted by Gasteiger charge is 2.28. The van der Waals surface area contributed by atoms with Gasteiger partial charge in [-0.3, -0.25) is 0 Å². The lowest BCUT2D eigenvalue weighted by Gasteiger charge is -2.29. The number of hydrogen-bond acceptors (Lipinski definition) is 3. The Bertz CT molecular complexity index is 425. The van der Waals surface area contributed by atoms with Crippen LogP contribution in [0.25, 0.3) is 0 Å². The fraction of sp³-hybridized carbons (Fsp3) is 0.600. The van der Waals surface area contributed by atoms with Gasteiger partial charge in [0.25, 0.3) is 0 Å². The van der Waals surface area contributed by atoms with Gasteiger partial charge in [0.15, 0.2) is 0 Å². The number of likely N-dealkylation sites (N-methyl/N-ethyl adjacent to an activating group) is 1. The fourth-order valence-corrected chi connectivity index (χ4v) is 2.96. The van der Waals surface area contributed by atoms with Crippen molar-refractivity contribution < 1.29 is 4.74 Å². The Morgan fingerprint density at radius 1 is 1.47 bits per heavy atom. The monoisotopic (exact) mass is 282 g/mol. The van der Waals surface area contributed by atoms with Crippen LogP contribution >= 0.6 is 11.6 Å². The second kappa shape index (κ2) is 6.60. The average molecular weight is 283 g/mol. The van der Waals surface area contributed by atoms with Gasteiger partial charge in [0.1, 0.15) is 0 Å². The normalized spacial score (nSPS) is 22.7. The first-order valence-electron chi connectivity index (χ1n) is 6.97. The van der Waals surface area contributed by atoms with Crippen molar-refractivity contribution in [1.29, 1.82) is 0 Å². The van der Waals surface area contributed by atoms with Gasteiger partial charge in [-0.05, 0) is 37.6 Å². The van der Waals surface area contributed by atoms with Crippen LogP contribution in [0.4, 0.5) is 5.69 Å². The molecule has 1 fully saturated rings. The number of nitrogens with zero attached hydrogens (tertiary/aromatic N) is 1. The standard InChI is InChI=1S/C15H23ClN2O/c1-4-17-10-12-5-6-15(13(16)9-12)18(3)14-7-8-19-11(14)2/h5-6,9,11,14,17H,4,7-8,10H2,1-3H3. The van der Waals surface area contributed by atoms with E-state index in [4.69, 9.17) is 16.3 Å². The molecule has 2 rings (SSSR count). The summed E-state index contributed by atoms with van der Waals surface area (Å²) in [5, 5.41) is 4.13. The number of benzene rings is 1. The van der Waals surface area contributed by atoms with Gasteiger partial charge in [-0.15, -0.1) is 0 Å². The van der Waals surface area contributed by atoms with E-state index >= 15 is 0 Å². The van der Waals surface area contributed by atoms with Crippen molar-refractivity contribution in [2.75, 3.05) is 25.1 Å². The Balaban J connectivity index is 2.11. The topological polar surface area (TPSA) is 24.5 Å². The van der Waals surface area contributed by atoms with Crippen LogP contribution in [-0.4, -0.2) is 32.3 Å². The molecule has 0 bridgehead atoms. The Morgan fingerprint density at radius 2 is 2.26 bits per heavy atom. The van der Waals surface area contributed by atoms with Crippen molar-refractivity contribution in [2.45, 2.75) is 39.0 Å². The zero-order valence-electron chi connectivity index (χ0n) is 11.9. The van der Waals surface area contributed by atoms with Crippen molar-refractivity contribution in [1.82, 2.24) is 5.32 Å². The molecule has 1 aromatic rings. The number of hydrogen-bond donors (Lipinski definition) is 1. The molecular weight excluding hydrogens is 260 g/mol. The average Bonchev–Trinajstić information content (AvgIpc) is 2.82. The third kappa shape index (κ3) is 3.41.